The number of ether oxygens (including phenoxy) is 1. The largest absolute Gasteiger partial charge is 0.460 e. The van der Waals surface area contributed by atoms with Gasteiger partial charge in [-0.3, -0.25) is 4.79 Å². The van der Waals surface area contributed by atoms with Crippen LogP contribution in [-0.2, 0) is 9.53 Å². The first-order valence-corrected chi connectivity index (χ1v) is 7.47. The molecule has 0 aliphatic heterocycles. The van der Waals surface area contributed by atoms with Crippen LogP contribution in [-0.4, -0.2) is 11.6 Å². The van der Waals surface area contributed by atoms with Gasteiger partial charge in [0.1, 0.15) is 5.60 Å². The third-order valence-corrected chi connectivity index (χ3v) is 3.60. The van der Waals surface area contributed by atoms with Gasteiger partial charge in [0.15, 0.2) is 0 Å². The number of allylic oxidation sites excluding steroid dienone is 1. The number of carbonyl (C=O) groups is 1. The Morgan fingerprint density at radius 2 is 1.81 bits per heavy atom. The van der Waals surface area contributed by atoms with Crippen LogP contribution in [0.3, 0.4) is 0 Å². The van der Waals surface area contributed by atoms with Crippen LogP contribution in [0.5, 0.6) is 0 Å². The van der Waals surface area contributed by atoms with Crippen LogP contribution >= 0.6 is 45.2 Å². The molecule has 1 aliphatic carbocycles. The molecule has 0 bridgehead atoms. The average molecular weight is 448 g/mol. The lowest BCUT2D eigenvalue weighted by Gasteiger charge is -2.19. The molecule has 0 unspecified atom stereocenters. The number of esters is 1. The van der Waals surface area contributed by atoms with E-state index >= 15 is 0 Å². The molecule has 1 fully saturated rings. The molecule has 0 heterocycles. The fourth-order valence-corrected chi connectivity index (χ4v) is 2.71. The van der Waals surface area contributed by atoms with Gasteiger partial charge < -0.3 is 4.74 Å². The molecule has 0 N–H and O–H groups in total. The lowest BCUT2D eigenvalue weighted by molar-refractivity contribution is -0.157. The maximum absolute atomic E-state index is 12.0. The van der Waals surface area contributed by atoms with Crippen molar-refractivity contribution in [1.82, 2.24) is 0 Å². The highest BCUT2D eigenvalue weighted by molar-refractivity contribution is 14.2. The smallest absolute Gasteiger partial charge is 0.310 e. The van der Waals surface area contributed by atoms with Gasteiger partial charge in [-0.25, -0.2) is 0 Å². The molecule has 1 rings (SSSR count). The van der Waals surface area contributed by atoms with E-state index in [1.165, 1.54) is 1.59 Å². The quantitative estimate of drug-likeness (QED) is 0.465. The Balaban J connectivity index is 2.70. The number of carbonyl (C=O) groups excluding carboxylic acids is 1. The highest BCUT2D eigenvalue weighted by Crippen LogP contribution is 2.60. The topological polar surface area (TPSA) is 26.3 Å². The number of hydrogen-bond donors (Lipinski definition) is 0. The van der Waals surface area contributed by atoms with E-state index < -0.39 is 0 Å². The van der Waals surface area contributed by atoms with E-state index in [1.807, 2.05) is 20.8 Å². The van der Waals surface area contributed by atoms with Crippen LogP contribution in [0.1, 0.15) is 34.6 Å². The molecule has 1 aliphatic rings. The van der Waals surface area contributed by atoms with Gasteiger partial charge in [-0.05, 0) is 77.3 Å². The fourth-order valence-electron chi connectivity index (χ4n) is 1.94. The molecule has 0 aromatic carbocycles. The predicted octanol–water partition coefficient (Wildman–Crippen LogP) is 4.31. The van der Waals surface area contributed by atoms with Crippen LogP contribution < -0.4 is 0 Å². The lowest BCUT2D eigenvalue weighted by atomic mass is 10.1. The Morgan fingerprint density at radius 1 is 1.31 bits per heavy atom. The van der Waals surface area contributed by atoms with E-state index in [0.717, 1.165) is 0 Å². The summed E-state index contributed by atoms with van der Waals surface area (Å²) in [5, 5.41) is 0. The first kappa shape index (κ1) is 14.7. The second-order valence-corrected chi connectivity index (χ2v) is 10.2. The molecule has 0 amide bonds. The van der Waals surface area contributed by atoms with Gasteiger partial charge >= 0.3 is 5.97 Å². The molecule has 0 radical (unpaired) electrons. The number of rotatable bonds is 2. The zero-order valence-corrected chi connectivity index (χ0v) is 14.6. The van der Waals surface area contributed by atoms with Crippen molar-refractivity contribution in [2.45, 2.75) is 40.2 Å². The molecule has 1 saturated carbocycles. The van der Waals surface area contributed by atoms with Crippen molar-refractivity contribution in [2.24, 2.45) is 17.3 Å². The molecular weight excluding hydrogens is 430 g/mol. The lowest BCUT2D eigenvalue weighted by Crippen LogP contribution is -2.26. The standard InChI is InChI=1S/C12H18I2O2/c1-11(2,3)16-10(15)9-7(6-8(13)14)12(9,4)5/h6-7,9H,1-5H3/t7-,9-/m1/s1. The summed E-state index contributed by atoms with van der Waals surface area (Å²) >= 11 is 4.54. The van der Waals surface area contributed by atoms with Crippen molar-refractivity contribution >= 4 is 51.2 Å². The molecule has 0 aromatic rings. The molecule has 92 valence electrons. The van der Waals surface area contributed by atoms with Crippen LogP contribution in [0.15, 0.2) is 7.66 Å². The van der Waals surface area contributed by atoms with Gasteiger partial charge in [-0.2, -0.15) is 0 Å². The second kappa shape index (κ2) is 4.74. The Morgan fingerprint density at radius 3 is 2.19 bits per heavy atom. The first-order valence-electron chi connectivity index (χ1n) is 5.31. The fraction of sp³-hybridized carbons (Fsp3) is 0.750. The summed E-state index contributed by atoms with van der Waals surface area (Å²) in [4.78, 5) is 12.0. The summed E-state index contributed by atoms with van der Waals surface area (Å²) in [5.41, 5.74) is -0.342. The van der Waals surface area contributed by atoms with Crippen LogP contribution in [0.2, 0.25) is 0 Å². The molecular formula is C12H18I2O2. The molecule has 16 heavy (non-hydrogen) atoms. The van der Waals surface area contributed by atoms with Gasteiger partial charge in [-0.15, -0.1) is 0 Å². The summed E-state index contributed by atoms with van der Waals surface area (Å²) in [5.74, 6) is 0.283. The van der Waals surface area contributed by atoms with Gasteiger partial charge in [0.2, 0.25) is 0 Å². The van der Waals surface area contributed by atoms with Crippen LogP contribution in [0, 0.1) is 17.3 Å². The first-order chi connectivity index (χ1) is 7.05. The van der Waals surface area contributed by atoms with Crippen LogP contribution in [0.25, 0.3) is 0 Å². The summed E-state index contributed by atoms with van der Waals surface area (Å²) < 4.78 is 6.64. The minimum absolute atomic E-state index is 0.0197. The molecule has 2 atom stereocenters. The van der Waals surface area contributed by atoms with E-state index in [4.69, 9.17) is 4.74 Å². The maximum Gasteiger partial charge on any atom is 0.310 e. The monoisotopic (exact) mass is 448 g/mol. The molecule has 2 nitrogen and oxygen atoms in total. The number of hydrogen-bond acceptors (Lipinski definition) is 2. The van der Waals surface area contributed by atoms with Crippen molar-refractivity contribution in [3.63, 3.8) is 0 Å². The highest BCUT2D eigenvalue weighted by Gasteiger charge is 2.61. The van der Waals surface area contributed by atoms with Crippen molar-refractivity contribution < 1.29 is 9.53 Å². The van der Waals surface area contributed by atoms with Gasteiger partial charge in [0, 0.05) is 1.59 Å². The molecule has 0 spiro atoms. The normalized spacial score (nSPS) is 27.2. The van der Waals surface area contributed by atoms with E-state index in [2.05, 4.69) is 65.1 Å². The predicted molar refractivity (Wildman–Crippen MR) is 82.7 cm³/mol. The second-order valence-electron chi connectivity index (χ2n) is 5.81. The summed E-state index contributed by atoms with van der Waals surface area (Å²) in [6.45, 7) is 9.98. The van der Waals surface area contributed by atoms with Crippen molar-refractivity contribution in [3.8, 4) is 0 Å². The van der Waals surface area contributed by atoms with E-state index in [1.54, 1.807) is 0 Å². The molecule has 0 saturated heterocycles. The highest BCUT2D eigenvalue weighted by atomic mass is 127. The van der Waals surface area contributed by atoms with E-state index in [9.17, 15) is 4.79 Å². The van der Waals surface area contributed by atoms with Crippen molar-refractivity contribution in [3.05, 3.63) is 7.66 Å². The van der Waals surface area contributed by atoms with Crippen LogP contribution in [0.4, 0.5) is 0 Å². The third kappa shape index (κ3) is 3.58. The zero-order valence-electron chi connectivity index (χ0n) is 10.3. The Kier molecular flexibility index (Phi) is 4.36. The van der Waals surface area contributed by atoms with Gasteiger partial charge in [0.05, 0.1) is 5.92 Å². The third-order valence-electron chi connectivity index (χ3n) is 2.88. The molecule has 0 aromatic heterocycles. The Labute approximate surface area is 125 Å². The minimum Gasteiger partial charge on any atom is -0.460 e. The van der Waals surface area contributed by atoms with Crippen molar-refractivity contribution in [2.75, 3.05) is 0 Å². The Hall–Kier alpha value is 0.670. The summed E-state index contributed by atoms with van der Waals surface area (Å²) in [7, 11) is 0. The zero-order chi connectivity index (χ0) is 12.7. The van der Waals surface area contributed by atoms with Gasteiger partial charge in [-0.1, -0.05) is 19.9 Å². The SMILES string of the molecule is CC(C)(C)OC(=O)[C@H]1[C@@H](C=C(I)I)C1(C)C. The Bertz CT molecular complexity index is 322. The summed E-state index contributed by atoms with van der Waals surface area (Å²) in [6, 6.07) is 0. The van der Waals surface area contributed by atoms with Crippen molar-refractivity contribution in [1.29, 1.82) is 0 Å². The summed E-state index contributed by atoms with van der Waals surface area (Å²) in [6.07, 6.45) is 2.16. The van der Waals surface area contributed by atoms with E-state index in [-0.39, 0.29) is 22.9 Å². The number of halogens is 2. The average Bonchev–Trinajstić information content (AvgIpc) is 2.47. The maximum atomic E-state index is 12.0. The minimum atomic E-state index is -0.387. The van der Waals surface area contributed by atoms with Gasteiger partial charge in [0.25, 0.3) is 0 Å². The molecule has 4 heteroatoms. The van der Waals surface area contributed by atoms with E-state index in [0.29, 0.717) is 5.92 Å².